The Morgan fingerprint density at radius 3 is 2.47 bits per heavy atom. The van der Waals surface area contributed by atoms with Gasteiger partial charge in [-0.1, -0.05) is 61.0 Å². The van der Waals surface area contributed by atoms with Crippen LogP contribution in [0.15, 0.2) is 64.4 Å². The predicted molar refractivity (Wildman–Crippen MR) is 146 cm³/mol. The molecular formula is C29H27N5O4. The van der Waals surface area contributed by atoms with Crippen molar-refractivity contribution in [1.29, 1.82) is 0 Å². The number of fused-ring (bicyclic) bond motifs is 2. The molecule has 38 heavy (non-hydrogen) atoms. The van der Waals surface area contributed by atoms with Gasteiger partial charge in [-0.2, -0.15) is 4.98 Å². The quantitative estimate of drug-likeness (QED) is 0.360. The number of aromatic amines is 1. The van der Waals surface area contributed by atoms with Crippen molar-refractivity contribution in [3.05, 3.63) is 115 Å². The number of aromatic nitrogens is 4. The van der Waals surface area contributed by atoms with Gasteiger partial charge in [0.2, 0.25) is 5.95 Å². The summed E-state index contributed by atoms with van der Waals surface area (Å²) in [6, 6.07) is 13.9. The van der Waals surface area contributed by atoms with E-state index in [0.29, 0.717) is 5.56 Å². The zero-order valence-corrected chi connectivity index (χ0v) is 21.3. The third-order valence-electron chi connectivity index (χ3n) is 6.74. The van der Waals surface area contributed by atoms with E-state index in [9.17, 15) is 14.4 Å². The number of H-pyrrole nitrogens is 1. The van der Waals surface area contributed by atoms with Crippen LogP contribution in [0.5, 0.6) is 0 Å². The Morgan fingerprint density at radius 2 is 1.76 bits per heavy atom. The molecule has 9 heteroatoms. The number of likely N-dealkylation sites (N-methyl/N-ethyl adjacent to an activating group) is 1. The molecule has 9 nitrogen and oxygen atoms in total. The van der Waals surface area contributed by atoms with Crippen LogP contribution in [0, 0.1) is 6.92 Å². The largest absolute Gasteiger partial charge is 0.480 e. The van der Waals surface area contributed by atoms with Crippen LogP contribution < -0.4 is 16.1 Å². The zero-order valence-electron chi connectivity index (χ0n) is 21.3. The van der Waals surface area contributed by atoms with Crippen LogP contribution in [-0.4, -0.2) is 44.2 Å². The number of anilines is 1. The number of rotatable bonds is 6. The topological polar surface area (TPSA) is 121 Å². The molecule has 2 heterocycles. The van der Waals surface area contributed by atoms with E-state index in [0.717, 1.165) is 34.2 Å². The van der Waals surface area contributed by atoms with Crippen molar-refractivity contribution in [1.82, 2.24) is 19.5 Å². The fourth-order valence-corrected chi connectivity index (χ4v) is 4.83. The second-order valence-corrected chi connectivity index (χ2v) is 9.39. The van der Waals surface area contributed by atoms with Crippen molar-refractivity contribution in [2.24, 2.45) is 0 Å². The summed E-state index contributed by atoms with van der Waals surface area (Å²) in [6.45, 7) is 3.82. The van der Waals surface area contributed by atoms with E-state index in [4.69, 9.17) is 5.11 Å². The summed E-state index contributed by atoms with van der Waals surface area (Å²) in [6.07, 6.45) is 8.01. The second kappa shape index (κ2) is 9.93. The fourth-order valence-electron chi connectivity index (χ4n) is 4.83. The number of nitrogens with one attached hydrogen (secondary N) is 1. The summed E-state index contributed by atoms with van der Waals surface area (Å²) >= 11 is 0. The molecule has 1 aliphatic rings. The van der Waals surface area contributed by atoms with Crippen molar-refractivity contribution < 1.29 is 9.90 Å². The number of carbonyl (C=O) groups is 1. The van der Waals surface area contributed by atoms with Crippen molar-refractivity contribution in [2.75, 3.05) is 18.5 Å². The molecular weight excluding hydrogens is 482 g/mol. The van der Waals surface area contributed by atoms with E-state index in [1.807, 2.05) is 19.1 Å². The lowest BCUT2D eigenvalue weighted by molar-refractivity contribution is -0.135. The first-order valence-electron chi connectivity index (χ1n) is 12.3. The van der Waals surface area contributed by atoms with Gasteiger partial charge in [-0.3, -0.25) is 19.1 Å². The molecule has 1 aliphatic carbocycles. The maximum absolute atomic E-state index is 13.3. The normalized spacial score (nSPS) is 13.9. The summed E-state index contributed by atoms with van der Waals surface area (Å²) in [7, 11) is 1.55. The molecule has 0 fully saturated rings. The van der Waals surface area contributed by atoms with Gasteiger partial charge in [0.25, 0.3) is 5.56 Å². The van der Waals surface area contributed by atoms with Crippen LogP contribution in [0.3, 0.4) is 0 Å². The van der Waals surface area contributed by atoms with Gasteiger partial charge in [-0.25, -0.2) is 9.78 Å². The molecule has 0 bridgehead atoms. The Bertz CT molecular complexity index is 1700. The molecule has 0 saturated carbocycles. The lowest BCUT2D eigenvalue weighted by Gasteiger charge is -2.22. The first-order valence-corrected chi connectivity index (χ1v) is 12.3. The molecule has 1 unspecified atom stereocenters. The van der Waals surface area contributed by atoms with Crippen LogP contribution in [0.1, 0.15) is 51.8 Å². The number of carboxylic acids is 1. The average molecular weight is 510 g/mol. The lowest BCUT2D eigenvalue weighted by Crippen LogP contribution is -2.33. The van der Waals surface area contributed by atoms with Gasteiger partial charge in [0.05, 0.1) is 0 Å². The summed E-state index contributed by atoms with van der Waals surface area (Å²) in [5.74, 6) is -1.12. The average Bonchev–Trinajstić information content (AvgIpc) is 3.04. The van der Waals surface area contributed by atoms with Crippen molar-refractivity contribution in [3.63, 3.8) is 0 Å². The Morgan fingerprint density at radius 1 is 1.05 bits per heavy atom. The number of nitrogens with zero attached hydrogens (tertiary/aromatic N) is 4. The minimum absolute atomic E-state index is 0.140. The van der Waals surface area contributed by atoms with E-state index in [-0.39, 0.29) is 18.3 Å². The zero-order chi connectivity index (χ0) is 27.0. The molecule has 0 aliphatic heterocycles. The number of aliphatic carboxylic acids is 1. The van der Waals surface area contributed by atoms with E-state index in [1.165, 1.54) is 33.5 Å². The maximum atomic E-state index is 13.3. The Hall–Kier alpha value is -4.79. The minimum Gasteiger partial charge on any atom is -0.480 e. The summed E-state index contributed by atoms with van der Waals surface area (Å²) < 4.78 is 1.27. The van der Waals surface area contributed by atoms with Crippen molar-refractivity contribution in [3.8, 4) is 5.82 Å². The number of carboxylic acid groups (broad SMARTS) is 1. The van der Waals surface area contributed by atoms with Crippen LogP contribution in [0.2, 0.25) is 0 Å². The molecule has 5 rings (SSSR count). The number of aryl methyl sites for hydroxylation is 2. The number of hydrogen-bond donors (Lipinski definition) is 2. The van der Waals surface area contributed by atoms with Gasteiger partial charge in [-0.15, -0.1) is 0 Å². The Kier molecular flexibility index (Phi) is 6.50. The molecule has 2 N–H and O–H groups in total. The maximum Gasteiger partial charge on any atom is 0.334 e. The highest BCUT2D eigenvalue weighted by Crippen LogP contribution is 2.38. The highest BCUT2D eigenvalue weighted by Gasteiger charge is 2.27. The van der Waals surface area contributed by atoms with E-state index in [1.54, 1.807) is 7.05 Å². The molecule has 2 aromatic heterocycles. The minimum atomic E-state index is -1.04. The third-order valence-corrected chi connectivity index (χ3v) is 6.74. The smallest absolute Gasteiger partial charge is 0.334 e. The van der Waals surface area contributed by atoms with E-state index < -0.39 is 23.1 Å². The summed E-state index contributed by atoms with van der Waals surface area (Å²) in [5, 5.41) is 9.12. The summed E-state index contributed by atoms with van der Waals surface area (Å²) in [5.41, 5.74) is 5.48. The first-order chi connectivity index (χ1) is 18.2. The van der Waals surface area contributed by atoms with E-state index >= 15 is 0 Å². The van der Waals surface area contributed by atoms with Gasteiger partial charge >= 0.3 is 11.7 Å². The lowest BCUT2D eigenvalue weighted by atomic mass is 9.82. The van der Waals surface area contributed by atoms with Crippen LogP contribution in [0.25, 0.3) is 18.0 Å². The Labute approximate surface area is 218 Å². The van der Waals surface area contributed by atoms with Gasteiger partial charge in [0.15, 0.2) is 0 Å². The second-order valence-electron chi connectivity index (χ2n) is 9.39. The Balaban J connectivity index is 1.71. The highest BCUT2D eigenvalue weighted by atomic mass is 16.4. The van der Waals surface area contributed by atoms with Gasteiger partial charge in [-0.05, 0) is 41.2 Å². The van der Waals surface area contributed by atoms with E-state index in [2.05, 4.69) is 58.3 Å². The SMILES string of the molecule is CCc1ccc2c(c1)C=Cc1cc(C)ccc1C2c1cn(-c2ccnc(N(C)CC(=O)O)n2)c(=O)[nH]c1=O. The molecule has 0 radical (unpaired) electrons. The molecule has 0 spiro atoms. The fraction of sp³-hybridized carbons (Fsp3) is 0.207. The standard InChI is InChI=1S/C29H27N5O4/c1-4-18-6-10-22-20(14-18)8-7-19-13-17(2)5-9-21(19)26(22)23-15-34(29(38)32-27(23)37)24-11-12-30-28(31-24)33(3)16-25(35)36/h5-15,26H,4,16H2,1-3H3,(H,35,36)(H,32,37,38). The van der Waals surface area contributed by atoms with Crippen molar-refractivity contribution in [2.45, 2.75) is 26.2 Å². The van der Waals surface area contributed by atoms with Crippen LogP contribution >= 0.6 is 0 Å². The number of hydrogen-bond acceptors (Lipinski definition) is 6. The molecule has 0 saturated heterocycles. The first kappa shape index (κ1) is 24.9. The predicted octanol–water partition coefficient (Wildman–Crippen LogP) is 3.37. The number of benzene rings is 2. The van der Waals surface area contributed by atoms with Gasteiger partial charge in [0, 0.05) is 37.0 Å². The van der Waals surface area contributed by atoms with Crippen LogP contribution in [-0.2, 0) is 11.2 Å². The van der Waals surface area contributed by atoms with Gasteiger partial charge in [0.1, 0.15) is 12.4 Å². The molecule has 0 amide bonds. The highest BCUT2D eigenvalue weighted by molar-refractivity contribution is 5.78. The molecule has 2 aromatic carbocycles. The molecule has 1 atom stereocenters. The van der Waals surface area contributed by atoms with Gasteiger partial charge < -0.3 is 10.0 Å². The molecule has 192 valence electrons. The third kappa shape index (κ3) is 4.66. The van der Waals surface area contributed by atoms with Crippen molar-refractivity contribution >= 4 is 24.1 Å². The summed E-state index contributed by atoms with van der Waals surface area (Å²) in [4.78, 5) is 49.8. The van der Waals surface area contributed by atoms with Crippen LogP contribution in [0.4, 0.5) is 5.95 Å². The monoisotopic (exact) mass is 509 g/mol. The molecule has 4 aromatic rings.